The van der Waals surface area contributed by atoms with Crippen LogP contribution >= 0.6 is 0 Å². The van der Waals surface area contributed by atoms with Gasteiger partial charge in [0.1, 0.15) is 6.61 Å². The van der Waals surface area contributed by atoms with Crippen molar-refractivity contribution < 1.29 is 14.3 Å². The Balaban J connectivity index is 2.63. The topological polar surface area (TPSA) is 35.5 Å². The van der Waals surface area contributed by atoms with Gasteiger partial charge in [-0.1, -0.05) is 11.1 Å². The van der Waals surface area contributed by atoms with Crippen molar-refractivity contribution in [1.29, 1.82) is 0 Å². The van der Waals surface area contributed by atoms with Crippen LogP contribution in [0, 0.1) is 0 Å². The second-order valence-corrected chi connectivity index (χ2v) is 4.55. The number of allylic oxidation sites excluding steroid dienone is 2. The fourth-order valence-corrected chi connectivity index (χ4v) is 1.88. The van der Waals surface area contributed by atoms with E-state index in [0.29, 0.717) is 18.8 Å². The second-order valence-electron chi connectivity index (χ2n) is 4.55. The molecular formula is C14H22O3. The highest BCUT2D eigenvalue weighted by atomic mass is 16.6. The van der Waals surface area contributed by atoms with E-state index < -0.39 is 0 Å². The molecule has 0 spiro atoms. The Labute approximate surface area is 103 Å². The molecule has 1 aliphatic rings. The van der Waals surface area contributed by atoms with Crippen molar-refractivity contribution in [3.8, 4) is 0 Å². The summed E-state index contributed by atoms with van der Waals surface area (Å²) in [7, 11) is 1.59. The van der Waals surface area contributed by atoms with Crippen LogP contribution in [0.1, 0.15) is 39.5 Å². The Kier molecular flexibility index (Phi) is 5.98. The van der Waals surface area contributed by atoms with Crippen molar-refractivity contribution in [2.45, 2.75) is 39.5 Å². The van der Waals surface area contributed by atoms with Gasteiger partial charge < -0.3 is 9.47 Å². The molecule has 0 radical (unpaired) electrons. The minimum absolute atomic E-state index is 0.235. The first kappa shape index (κ1) is 14.0. The van der Waals surface area contributed by atoms with Gasteiger partial charge >= 0.3 is 5.97 Å². The zero-order valence-electron chi connectivity index (χ0n) is 11.0. The highest BCUT2D eigenvalue weighted by Crippen LogP contribution is 2.26. The normalized spacial score (nSPS) is 14.6. The zero-order valence-corrected chi connectivity index (χ0v) is 11.0. The largest absolute Gasteiger partial charge is 0.460 e. The molecular weight excluding hydrogens is 216 g/mol. The van der Waals surface area contributed by atoms with Gasteiger partial charge in [-0.05, 0) is 45.6 Å². The van der Waals surface area contributed by atoms with E-state index in [1.54, 1.807) is 7.11 Å². The Morgan fingerprint density at radius 2 is 1.88 bits per heavy atom. The molecule has 0 unspecified atom stereocenters. The maximum absolute atomic E-state index is 11.9. The van der Waals surface area contributed by atoms with Crippen molar-refractivity contribution in [1.82, 2.24) is 0 Å². The van der Waals surface area contributed by atoms with Crippen molar-refractivity contribution in [2.75, 3.05) is 20.3 Å². The number of hydrogen-bond donors (Lipinski definition) is 0. The van der Waals surface area contributed by atoms with Crippen molar-refractivity contribution >= 4 is 5.97 Å². The average Bonchev–Trinajstić information content (AvgIpc) is 2.78. The lowest BCUT2D eigenvalue weighted by atomic mass is 10.1. The van der Waals surface area contributed by atoms with Crippen LogP contribution in [0.15, 0.2) is 22.8 Å². The Morgan fingerprint density at radius 3 is 2.41 bits per heavy atom. The van der Waals surface area contributed by atoms with Crippen molar-refractivity contribution in [3.63, 3.8) is 0 Å². The molecule has 3 nitrogen and oxygen atoms in total. The first-order chi connectivity index (χ1) is 8.15. The number of carbonyl (C=O) groups is 1. The summed E-state index contributed by atoms with van der Waals surface area (Å²) in [5, 5.41) is 0. The molecule has 0 N–H and O–H groups in total. The van der Waals surface area contributed by atoms with Crippen molar-refractivity contribution in [3.05, 3.63) is 22.8 Å². The molecule has 0 amide bonds. The number of hydrogen-bond acceptors (Lipinski definition) is 3. The third-order valence-corrected chi connectivity index (χ3v) is 2.87. The van der Waals surface area contributed by atoms with Gasteiger partial charge in [-0.15, -0.1) is 0 Å². The minimum Gasteiger partial charge on any atom is -0.460 e. The molecule has 0 aromatic carbocycles. The average molecular weight is 238 g/mol. The number of ether oxygens (including phenoxy) is 2. The van der Waals surface area contributed by atoms with Crippen LogP contribution in [-0.4, -0.2) is 26.3 Å². The fourth-order valence-electron chi connectivity index (χ4n) is 1.88. The van der Waals surface area contributed by atoms with Gasteiger partial charge in [0.15, 0.2) is 0 Å². The van der Waals surface area contributed by atoms with Crippen LogP contribution < -0.4 is 0 Å². The quantitative estimate of drug-likeness (QED) is 0.419. The van der Waals surface area contributed by atoms with E-state index in [1.165, 1.54) is 18.4 Å². The number of methoxy groups -OCH3 is 1. The Bertz CT molecular complexity index is 314. The van der Waals surface area contributed by atoms with Gasteiger partial charge in [0.2, 0.25) is 0 Å². The molecule has 0 heterocycles. The molecule has 1 rings (SSSR count). The van der Waals surface area contributed by atoms with Gasteiger partial charge in [0.25, 0.3) is 0 Å². The first-order valence-corrected chi connectivity index (χ1v) is 6.18. The zero-order chi connectivity index (χ0) is 12.7. The maximum Gasteiger partial charge on any atom is 0.338 e. The monoisotopic (exact) mass is 238 g/mol. The molecule has 1 aliphatic carbocycles. The molecule has 0 aliphatic heterocycles. The summed E-state index contributed by atoms with van der Waals surface area (Å²) in [6.45, 7) is 4.64. The van der Waals surface area contributed by atoms with Gasteiger partial charge in [-0.25, -0.2) is 4.79 Å². The molecule has 0 bridgehead atoms. The smallest absolute Gasteiger partial charge is 0.338 e. The standard InChI is InChI=1S/C14H22O3/c1-11(2)13(10-12-6-4-5-7-12)14(15)17-9-8-16-3/h10H,4-9H2,1-3H3. The third kappa shape index (κ3) is 4.73. The highest BCUT2D eigenvalue weighted by Gasteiger charge is 2.13. The summed E-state index contributed by atoms with van der Waals surface area (Å²) in [4.78, 5) is 11.9. The summed E-state index contributed by atoms with van der Waals surface area (Å²) in [6, 6.07) is 0. The fraction of sp³-hybridized carbons (Fsp3) is 0.643. The van der Waals surface area contributed by atoms with E-state index in [9.17, 15) is 4.79 Å². The van der Waals surface area contributed by atoms with Gasteiger partial charge in [-0.2, -0.15) is 0 Å². The molecule has 0 aromatic heterocycles. The first-order valence-electron chi connectivity index (χ1n) is 6.18. The van der Waals surface area contributed by atoms with E-state index in [0.717, 1.165) is 18.4 Å². The van der Waals surface area contributed by atoms with E-state index >= 15 is 0 Å². The van der Waals surface area contributed by atoms with E-state index in [1.807, 2.05) is 19.9 Å². The van der Waals surface area contributed by atoms with Crippen LogP contribution in [0.3, 0.4) is 0 Å². The molecule has 1 saturated carbocycles. The van der Waals surface area contributed by atoms with E-state index in [4.69, 9.17) is 9.47 Å². The van der Waals surface area contributed by atoms with Crippen LogP contribution in [0.4, 0.5) is 0 Å². The summed E-state index contributed by atoms with van der Waals surface area (Å²) >= 11 is 0. The minimum atomic E-state index is -0.235. The van der Waals surface area contributed by atoms with Crippen LogP contribution in [0.2, 0.25) is 0 Å². The predicted molar refractivity (Wildman–Crippen MR) is 67.8 cm³/mol. The predicted octanol–water partition coefficient (Wildman–Crippen LogP) is 3.01. The molecule has 1 fully saturated rings. The van der Waals surface area contributed by atoms with Crippen LogP contribution in [0.25, 0.3) is 0 Å². The van der Waals surface area contributed by atoms with Gasteiger partial charge in [-0.3, -0.25) is 0 Å². The summed E-state index contributed by atoms with van der Waals surface area (Å²) in [6.07, 6.45) is 6.71. The van der Waals surface area contributed by atoms with Gasteiger partial charge in [0.05, 0.1) is 12.2 Å². The lowest BCUT2D eigenvalue weighted by molar-refractivity contribution is -0.139. The molecule has 0 atom stereocenters. The number of carbonyl (C=O) groups excluding carboxylic acids is 1. The lowest BCUT2D eigenvalue weighted by Gasteiger charge is -2.07. The van der Waals surface area contributed by atoms with Gasteiger partial charge in [0, 0.05) is 7.11 Å². The summed E-state index contributed by atoms with van der Waals surface area (Å²) < 4.78 is 10.0. The number of rotatable bonds is 5. The van der Waals surface area contributed by atoms with Crippen LogP contribution in [0.5, 0.6) is 0 Å². The maximum atomic E-state index is 11.9. The van der Waals surface area contributed by atoms with E-state index in [-0.39, 0.29) is 5.97 Å². The van der Waals surface area contributed by atoms with Crippen molar-refractivity contribution in [2.24, 2.45) is 0 Å². The molecule has 17 heavy (non-hydrogen) atoms. The second kappa shape index (κ2) is 7.28. The SMILES string of the molecule is COCCOC(=O)C(C=C1CCCC1)=C(C)C. The summed E-state index contributed by atoms with van der Waals surface area (Å²) in [5.41, 5.74) is 3.08. The molecule has 0 saturated heterocycles. The van der Waals surface area contributed by atoms with E-state index in [2.05, 4.69) is 0 Å². The Hall–Kier alpha value is -1.09. The molecule has 96 valence electrons. The Morgan fingerprint density at radius 1 is 1.24 bits per heavy atom. The molecule has 0 aromatic rings. The summed E-state index contributed by atoms with van der Waals surface area (Å²) in [5.74, 6) is -0.235. The molecule has 3 heteroatoms. The number of esters is 1. The lowest BCUT2D eigenvalue weighted by Crippen LogP contribution is -2.12. The highest BCUT2D eigenvalue weighted by molar-refractivity contribution is 5.92. The third-order valence-electron chi connectivity index (χ3n) is 2.87. The van der Waals surface area contributed by atoms with Crippen LogP contribution in [-0.2, 0) is 14.3 Å².